The van der Waals surface area contributed by atoms with Crippen LogP contribution in [0.25, 0.3) is 0 Å². The summed E-state index contributed by atoms with van der Waals surface area (Å²) >= 11 is 0. The van der Waals surface area contributed by atoms with Gasteiger partial charge in [-0.15, -0.1) is 0 Å². The molecule has 0 fully saturated rings. The Balaban J connectivity index is 3.18. The highest BCUT2D eigenvalue weighted by Gasteiger charge is 2.28. The van der Waals surface area contributed by atoms with Crippen LogP contribution in [0.5, 0.6) is 0 Å². The Bertz CT molecular complexity index is 579. The zero-order valence-corrected chi connectivity index (χ0v) is 11.0. The number of nitro groups is 1. The molecule has 0 saturated carbocycles. The summed E-state index contributed by atoms with van der Waals surface area (Å²) in [5, 5.41) is 19.3. The molecule has 0 radical (unpaired) electrons. The molecule has 1 aromatic rings. The van der Waals surface area contributed by atoms with Crippen molar-refractivity contribution in [3.8, 4) is 0 Å². The van der Waals surface area contributed by atoms with Crippen molar-refractivity contribution < 1.29 is 27.2 Å². The van der Waals surface area contributed by atoms with Crippen molar-refractivity contribution in [1.29, 1.82) is 0 Å². The fraction of sp³-hybridized carbons (Fsp3) is 0.400. The van der Waals surface area contributed by atoms with E-state index < -0.39 is 51.7 Å². The maximum Gasteiger partial charge on any atom is 0.270 e. The lowest BCUT2D eigenvalue weighted by Crippen LogP contribution is -2.37. The summed E-state index contributed by atoms with van der Waals surface area (Å²) in [6.07, 6.45) is -2.92. The number of sulfonamides is 1. The van der Waals surface area contributed by atoms with Crippen LogP contribution in [0, 0.1) is 10.1 Å². The number of hydrogen-bond acceptors (Lipinski definition) is 5. The van der Waals surface area contributed by atoms with E-state index in [-0.39, 0.29) is 0 Å². The summed E-state index contributed by atoms with van der Waals surface area (Å²) < 4.78 is 49.3. The summed E-state index contributed by atoms with van der Waals surface area (Å²) in [5.41, 5.74) is -0.466. The standard InChI is InChI=1S/C10H12F2N2O5S/c11-10(12)7-13(4-5-15)20(18,19)9-3-1-2-8(6-9)14(16)17/h1-3,6,10,15H,4-5,7H2. The highest BCUT2D eigenvalue weighted by molar-refractivity contribution is 7.89. The van der Waals surface area contributed by atoms with Crippen molar-refractivity contribution in [3.63, 3.8) is 0 Å². The van der Waals surface area contributed by atoms with Gasteiger partial charge in [0.1, 0.15) is 0 Å². The second kappa shape index (κ2) is 6.68. The van der Waals surface area contributed by atoms with Crippen LogP contribution in [-0.2, 0) is 10.0 Å². The quantitative estimate of drug-likeness (QED) is 0.594. The lowest BCUT2D eigenvalue weighted by molar-refractivity contribution is -0.385. The van der Waals surface area contributed by atoms with Gasteiger partial charge in [0, 0.05) is 18.7 Å². The van der Waals surface area contributed by atoms with Crippen LogP contribution in [0.2, 0.25) is 0 Å². The molecule has 0 spiro atoms. The molecule has 0 bridgehead atoms. The van der Waals surface area contributed by atoms with E-state index in [9.17, 15) is 27.3 Å². The largest absolute Gasteiger partial charge is 0.395 e. The first-order valence-corrected chi connectivity index (χ1v) is 6.86. The minimum absolute atomic E-state index is 0.386. The normalized spacial score (nSPS) is 12.1. The van der Waals surface area contributed by atoms with Gasteiger partial charge in [0.2, 0.25) is 10.0 Å². The smallest absolute Gasteiger partial charge is 0.270 e. The summed E-state index contributed by atoms with van der Waals surface area (Å²) in [7, 11) is -4.33. The van der Waals surface area contributed by atoms with Crippen LogP contribution in [0.15, 0.2) is 29.2 Å². The first kappa shape index (κ1) is 16.4. The third-order valence-electron chi connectivity index (χ3n) is 2.36. The second-order valence-corrected chi connectivity index (χ2v) is 5.67. The van der Waals surface area contributed by atoms with E-state index in [2.05, 4.69) is 0 Å². The third kappa shape index (κ3) is 3.92. The number of aliphatic hydroxyl groups is 1. The van der Waals surface area contributed by atoms with Gasteiger partial charge in [-0.25, -0.2) is 17.2 Å². The molecule has 20 heavy (non-hydrogen) atoms. The number of halogens is 2. The Labute approximate surface area is 113 Å². The minimum atomic E-state index is -4.33. The number of non-ortho nitro benzene ring substituents is 1. The average molecular weight is 310 g/mol. The molecule has 0 amide bonds. The average Bonchev–Trinajstić information content (AvgIpc) is 2.38. The Morgan fingerprint density at radius 1 is 1.40 bits per heavy atom. The molecule has 0 heterocycles. The van der Waals surface area contributed by atoms with Gasteiger partial charge in [-0.3, -0.25) is 10.1 Å². The van der Waals surface area contributed by atoms with Crippen LogP contribution in [0.3, 0.4) is 0 Å². The molecule has 1 rings (SSSR count). The van der Waals surface area contributed by atoms with Crippen LogP contribution in [0.1, 0.15) is 0 Å². The predicted molar refractivity (Wildman–Crippen MR) is 64.9 cm³/mol. The van der Waals surface area contributed by atoms with E-state index in [4.69, 9.17) is 5.11 Å². The Hall–Kier alpha value is -1.65. The van der Waals surface area contributed by atoms with Crippen molar-refractivity contribution in [3.05, 3.63) is 34.4 Å². The van der Waals surface area contributed by atoms with Gasteiger partial charge in [-0.2, -0.15) is 4.31 Å². The maximum absolute atomic E-state index is 12.4. The third-order valence-corrected chi connectivity index (χ3v) is 4.22. The number of aliphatic hydroxyl groups excluding tert-OH is 1. The Morgan fingerprint density at radius 3 is 2.55 bits per heavy atom. The molecule has 0 aromatic heterocycles. The van der Waals surface area contributed by atoms with Crippen LogP contribution >= 0.6 is 0 Å². The monoisotopic (exact) mass is 310 g/mol. The van der Waals surface area contributed by atoms with Crippen LogP contribution in [-0.4, -0.2) is 48.9 Å². The number of hydrogen-bond donors (Lipinski definition) is 1. The number of benzene rings is 1. The molecule has 1 N–H and O–H groups in total. The van der Waals surface area contributed by atoms with Gasteiger partial charge in [0.15, 0.2) is 0 Å². The molecule has 0 atom stereocenters. The molecule has 0 saturated heterocycles. The van der Waals surface area contributed by atoms with E-state index in [0.29, 0.717) is 4.31 Å². The summed E-state index contributed by atoms with van der Waals surface area (Å²) in [4.78, 5) is 9.33. The van der Waals surface area contributed by atoms with Gasteiger partial charge >= 0.3 is 0 Å². The number of nitro benzene ring substituents is 1. The van der Waals surface area contributed by atoms with E-state index in [1.807, 2.05) is 0 Å². The molecule has 0 unspecified atom stereocenters. The van der Waals surface area contributed by atoms with Crippen molar-refractivity contribution in [2.45, 2.75) is 11.3 Å². The Morgan fingerprint density at radius 2 is 2.05 bits per heavy atom. The Kier molecular flexibility index (Phi) is 5.48. The first-order valence-electron chi connectivity index (χ1n) is 5.42. The van der Waals surface area contributed by atoms with E-state index in [0.717, 1.165) is 24.3 Å². The zero-order valence-electron chi connectivity index (χ0n) is 10.1. The summed E-state index contributed by atoms with van der Waals surface area (Å²) in [5.74, 6) is 0. The summed E-state index contributed by atoms with van der Waals surface area (Å²) in [6, 6.07) is 4.08. The van der Waals surface area contributed by atoms with Gasteiger partial charge in [-0.1, -0.05) is 6.07 Å². The SMILES string of the molecule is O=[N+]([O-])c1cccc(S(=O)(=O)N(CCO)CC(F)F)c1. The number of nitrogens with zero attached hydrogens (tertiary/aromatic N) is 2. The fourth-order valence-corrected chi connectivity index (χ4v) is 2.93. The lowest BCUT2D eigenvalue weighted by atomic mass is 10.3. The molecule has 112 valence electrons. The molecule has 0 aliphatic heterocycles. The van der Waals surface area contributed by atoms with E-state index in [1.165, 1.54) is 0 Å². The van der Waals surface area contributed by atoms with Crippen LogP contribution < -0.4 is 0 Å². The van der Waals surface area contributed by atoms with E-state index in [1.54, 1.807) is 0 Å². The second-order valence-electron chi connectivity index (χ2n) is 3.73. The number of alkyl halides is 2. The van der Waals surface area contributed by atoms with Crippen molar-refractivity contribution >= 4 is 15.7 Å². The molecule has 7 nitrogen and oxygen atoms in total. The van der Waals surface area contributed by atoms with Gasteiger partial charge in [0.05, 0.1) is 23.0 Å². The van der Waals surface area contributed by atoms with Gasteiger partial charge in [0.25, 0.3) is 12.1 Å². The zero-order chi connectivity index (χ0) is 15.3. The highest BCUT2D eigenvalue weighted by Crippen LogP contribution is 2.21. The molecule has 0 aliphatic carbocycles. The highest BCUT2D eigenvalue weighted by atomic mass is 32.2. The van der Waals surface area contributed by atoms with E-state index >= 15 is 0 Å². The van der Waals surface area contributed by atoms with Crippen molar-refractivity contribution in [1.82, 2.24) is 4.31 Å². The summed E-state index contributed by atoms with van der Waals surface area (Å²) in [6.45, 7) is -2.25. The molecule has 10 heteroatoms. The van der Waals surface area contributed by atoms with Gasteiger partial charge in [-0.05, 0) is 6.07 Å². The predicted octanol–water partition coefficient (Wildman–Crippen LogP) is 0.843. The first-order chi connectivity index (χ1) is 9.28. The molecular weight excluding hydrogens is 298 g/mol. The maximum atomic E-state index is 12.4. The molecule has 1 aromatic carbocycles. The van der Waals surface area contributed by atoms with Crippen LogP contribution in [0.4, 0.5) is 14.5 Å². The van der Waals surface area contributed by atoms with Crippen molar-refractivity contribution in [2.24, 2.45) is 0 Å². The minimum Gasteiger partial charge on any atom is -0.395 e. The molecule has 0 aliphatic rings. The van der Waals surface area contributed by atoms with Gasteiger partial charge < -0.3 is 5.11 Å². The lowest BCUT2D eigenvalue weighted by Gasteiger charge is -2.20. The fourth-order valence-electron chi connectivity index (χ4n) is 1.48. The number of rotatable bonds is 7. The van der Waals surface area contributed by atoms with Crippen molar-refractivity contribution in [2.75, 3.05) is 19.7 Å². The topological polar surface area (TPSA) is 101 Å². The molecular formula is C10H12F2N2O5S.